The van der Waals surface area contributed by atoms with Crippen molar-refractivity contribution in [3.8, 4) is 0 Å². The van der Waals surface area contributed by atoms with Gasteiger partial charge in [0.25, 0.3) is 0 Å². The molecular formula is C25H30N4O3. The summed E-state index contributed by atoms with van der Waals surface area (Å²) in [5.41, 5.74) is 3.78. The van der Waals surface area contributed by atoms with E-state index in [1.54, 1.807) is 0 Å². The fourth-order valence-corrected chi connectivity index (χ4v) is 4.40. The maximum Gasteiger partial charge on any atom is 0.303 e. The molecule has 0 aromatic heterocycles. The Labute approximate surface area is 188 Å². The molecule has 7 nitrogen and oxygen atoms in total. The summed E-state index contributed by atoms with van der Waals surface area (Å²) in [6, 6.07) is 17.8. The third-order valence-corrected chi connectivity index (χ3v) is 6.34. The molecule has 1 unspecified atom stereocenters. The van der Waals surface area contributed by atoms with E-state index in [-0.39, 0.29) is 12.5 Å². The van der Waals surface area contributed by atoms with E-state index in [1.807, 2.05) is 66.5 Å². The number of hydrogen-bond acceptors (Lipinski definition) is 5. The lowest BCUT2D eigenvalue weighted by Gasteiger charge is -2.32. The lowest BCUT2D eigenvalue weighted by molar-refractivity contribution is -0.138. The second-order valence-corrected chi connectivity index (χ2v) is 8.63. The first-order chi connectivity index (χ1) is 15.5. The Bertz CT molecular complexity index is 966. The van der Waals surface area contributed by atoms with Gasteiger partial charge in [-0.1, -0.05) is 47.6 Å². The van der Waals surface area contributed by atoms with Crippen LogP contribution in [0.5, 0.6) is 0 Å². The van der Waals surface area contributed by atoms with Crippen LogP contribution in [-0.4, -0.2) is 60.3 Å². The van der Waals surface area contributed by atoms with Crippen molar-refractivity contribution in [1.29, 1.82) is 5.41 Å². The quantitative estimate of drug-likeness (QED) is 0.511. The van der Waals surface area contributed by atoms with Crippen LogP contribution in [0.3, 0.4) is 0 Å². The van der Waals surface area contributed by atoms with Gasteiger partial charge in [-0.05, 0) is 49.5 Å². The number of para-hydroxylation sites is 1. The number of benzene rings is 2. The lowest BCUT2D eigenvalue weighted by atomic mass is 9.93. The van der Waals surface area contributed by atoms with Crippen LogP contribution in [0.4, 0.5) is 5.69 Å². The van der Waals surface area contributed by atoms with Crippen LogP contribution < -0.4 is 4.90 Å². The minimum atomic E-state index is -0.700. The van der Waals surface area contributed by atoms with Crippen LogP contribution in [0.2, 0.25) is 0 Å². The molecule has 32 heavy (non-hydrogen) atoms. The smallest absolute Gasteiger partial charge is 0.303 e. The fourth-order valence-electron chi connectivity index (χ4n) is 4.40. The number of piperidine rings is 1. The van der Waals surface area contributed by atoms with Gasteiger partial charge in [0.1, 0.15) is 11.9 Å². The molecule has 2 aliphatic heterocycles. The Kier molecular flexibility index (Phi) is 6.85. The Hall–Kier alpha value is -3.19. The van der Waals surface area contributed by atoms with E-state index in [2.05, 4.69) is 10.1 Å². The predicted octanol–water partition coefficient (Wildman–Crippen LogP) is 3.83. The zero-order valence-corrected chi connectivity index (χ0v) is 18.4. The molecule has 4 rings (SSSR count). The summed E-state index contributed by atoms with van der Waals surface area (Å²) in [6.07, 6.45) is 2.92. The van der Waals surface area contributed by atoms with Crippen molar-refractivity contribution in [2.24, 2.45) is 11.1 Å². The first-order valence-electron chi connectivity index (χ1n) is 11.1. The highest BCUT2D eigenvalue weighted by Gasteiger charge is 2.27. The topological polar surface area (TPSA) is 89.2 Å². The van der Waals surface area contributed by atoms with Gasteiger partial charge in [-0.3, -0.25) is 15.1 Å². The number of amidine groups is 1. The van der Waals surface area contributed by atoms with Gasteiger partial charge >= 0.3 is 5.97 Å². The molecule has 1 saturated heterocycles. The number of rotatable bonds is 7. The molecule has 2 aromatic carbocycles. The lowest BCUT2D eigenvalue weighted by Crippen LogP contribution is -2.39. The average Bonchev–Trinajstić information content (AvgIpc) is 3.28. The fraction of sp³-hybridized carbons (Fsp3) is 0.400. The van der Waals surface area contributed by atoms with Gasteiger partial charge < -0.3 is 14.8 Å². The summed E-state index contributed by atoms with van der Waals surface area (Å²) in [5.74, 6) is 0.0308. The highest BCUT2D eigenvalue weighted by atomic mass is 16.6. The molecule has 2 aliphatic rings. The van der Waals surface area contributed by atoms with Gasteiger partial charge in [-0.25, -0.2) is 0 Å². The summed E-state index contributed by atoms with van der Waals surface area (Å²) in [5, 5.41) is 21.8. The van der Waals surface area contributed by atoms with Crippen LogP contribution in [0.15, 0.2) is 59.8 Å². The highest BCUT2D eigenvalue weighted by Crippen LogP contribution is 2.24. The van der Waals surface area contributed by atoms with Gasteiger partial charge in [0.2, 0.25) is 0 Å². The van der Waals surface area contributed by atoms with E-state index in [0.29, 0.717) is 11.8 Å². The van der Waals surface area contributed by atoms with Crippen LogP contribution >= 0.6 is 0 Å². The molecule has 2 aromatic rings. The third kappa shape index (κ3) is 5.34. The number of carboxylic acids is 1. The summed E-state index contributed by atoms with van der Waals surface area (Å²) in [4.78, 5) is 20.8. The second-order valence-electron chi connectivity index (χ2n) is 8.63. The predicted molar refractivity (Wildman–Crippen MR) is 126 cm³/mol. The van der Waals surface area contributed by atoms with Crippen LogP contribution in [0.1, 0.15) is 36.8 Å². The van der Waals surface area contributed by atoms with Gasteiger partial charge in [-0.2, -0.15) is 0 Å². The average molecular weight is 435 g/mol. The van der Waals surface area contributed by atoms with E-state index in [0.717, 1.165) is 61.4 Å². The summed E-state index contributed by atoms with van der Waals surface area (Å²) in [7, 11) is 1.90. The molecule has 0 spiro atoms. The number of nitrogens with one attached hydrogen (secondary N) is 1. The van der Waals surface area contributed by atoms with Crippen molar-refractivity contribution < 1.29 is 14.7 Å². The third-order valence-electron chi connectivity index (χ3n) is 6.34. The molecule has 0 saturated carbocycles. The Morgan fingerprint density at radius 3 is 2.50 bits per heavy atom. The molecule has 2 heterocycles. The summed E-state index contributed by atoms with van der Waals surface area (Å²) >= 11 is 0. The van der Waals surface area contributed by atoms with Crippen molar-refractivity contribution >= 4 is 23.2 Å². The number of oxime groups is 1. The largest absolute Gasteiger partial charge is 0.481 e. The van der Waals surface area contributed by atoms with Gasteiger partial charge in [-0.15, -0.1) is 0 Å². The summed E-state index contributed by atoms with van der Waals surface area (Å²) < 4.78 is 0. The van der Waals surface area contributed by atoms with Crippen molar-refractivity contribution in [1.82, 2.24) is 4.90 Å². The Balaban J connectivity index is 1.28. The van der Waals surface area contributed by atoms with Crippen molar-refractivity contribution in [2.75, 3.05) is 31.6 Å². The number of carboxylic acid groups (broad SMARTS) is 1. The minimum absolute atomic E-state index is 0.0308. The Morgan fingerprint density at radius 2 is 1.84 bits per heavy atom. The van der Waals surface area contributed by atoms with Crippen LogP contribution in [-0.2, 0) is 9.63 Å². The molecule has 2 N–H and O–H groups in total. The summed E-state index contributed by atoms with van der Waals surface area (Å²) in [6.45, 7) is 2.65. The zero-order valence-electron chi connectivity index (χ0n) is 18.4. The van der Waals surface area contributed by atoms with Crippen LogP contribution in [0, 0.1) is 11.3 Å². The zero-order chi connectivity index (χ0) is 22.5. The van der Waals surface area contributed by atoms with E-state index >= 15 is 0 Å². The Morgan fingerprint density at radius 1 is 1.16 bits per heavy atom. The standard InChI is InChI=1S/C25H30N4O3/c1-28(21-5-3-2-4-6-21)25(26)20-9-7-19(8-10-20)23-16-22(32-27-23)17-29-13-11-18(12-14-29)15-24(30)31/h2-10,18,22,26H,11-17H2,1H3,(H,30,31). The number of anilines is 1. The van der Waals surface area contributed by atoms with Crippen molar-refractivity contribution in [3.05, 3.63) is 65.7 Å². The number of hydrogen-bond donors (Lipinski definition) is 2. The molecule has 7 heteroatoms. The van der Waals surface area contributed by atoms with E-state index < -0.39 is 5.97 Å². The van der Waals surface area contributed by atoms with Crippen molar-refractivity contribution in [2.45, 2.75) is 31.8 Å². The van der Waals surface area contributed by atoms with Crippen LogP contribution in [0.25, 0.3) is 0 Å². The van der Waals surface area contributed by atoms with Gasteiger partial charge in [0, 0.05) is 37.7 Å². The molecular weight excluding hydrogens is 404 g/mol. The normalized spacial score (nSPS) is 19.3. The minimum Gasteiger partial charge on any atom is -0.481 e. The molecule has 1 fully saturated rings. The SMILES string of the molecule is CN(C(=N)c1ccc(C2=NOC(CN3CCC(CC(=O)O)CC3)C2)cc1)c1ccccc1. The second kappa shape index (κ2) is 9.96. The molecule has 168 valence electrons. The van der Waals surface area contributed by atoms with Crippen molar-refractivity contribution in [3.63, 3.8) is 0 Å². The first kappa shape index (κ1) is 22.0. The molecule has 0 amide bonds. The number of carbonyl (C=O) groups is 1. The molecule has 0 aliphatic carbocycles. The van der Waals surface area contributed by atoms with E-state index in [9.17, 15) is 4.79 Å². The molecule has 0 bridgehead atoms. The van der Waals surface area contributed by atoms with E-state index in [1.165, 1.54) is 0 Å². The highest BCUT2D eigenvalue weighted by molar-refractivity contribution is 6.08. The molecule has 1 atom stereocenters. The number of nitrogens with zero attached hydrogens (tertiary/aromatic N) is 3. The first-order valence-corrected chi connectivity index (χ1v) is 11.1. The number of aliphatic carboxylic acids is 1. The van der Waals surface area contributed by atoms with Gasteiger partial charge in [0.15, 0.2) is 0 Å². The van der Waals surface area contributed by atoms with E-state index in [4.69, 9.17) is 15.4 Å². The maximum atomic E-state index is 10.9. The number of likely N-dealkylation sites (tertiary alicyclic amines) is 1. The molecule has 0 radical (unpaired) electrons. The maximum absolute atomic E-state index is 10.9. The van der Waals surface area contributed by atoms with Gasteiger partial charge in [0.05, 0.1) is 5.71 Å². The monoisotopic (exact) mass is 434 g/mol.